The summed E-state index contributed by atoms with van der Waals surface area (Å²) in [5.74, 6) is -0.168. The monoisotopic (exact) mass is 270 g/mol. The number of nitrogens with one attached hydrogen (secondary N) is 1. The van der Waals surface area contributed by atoms with Gasteiger partial charge < -0.3 is 5.32 Å². The number of rotatable bonds is 3. The number of piperazine rings is 1. The minimum Gasteiger partial charge on any atom is -0.314 e. The van der Waals surface area contributed by atoms with Crippen molar-refractivity contribution in [3.8, 4) is 0 Å². The maximum absolute atomic E-state index is 13.6. The van der Waals surface area contributed by atoms with E-state index >= 15 is 0 Å². The molecule has 0 bridgehead atoms. The summed E-state index contributed by atoms with van der Waals surface area (Å²) in [5.41, 5.74) is 2.25. The zero-order valence-electron chi connectivity index (χ0n) is 11.4. The van der Waals surface area contributed by atoms with Crippen LogP contribution < -0.4 is 5.32 Å². The highest BCUT2D eigenvalue weighted by Gasteiger charge is 2.23. The highest BCUT2D eigenvalue weighted by atomic mass is 19.1. The maximum atomic E-state index is 13.6. The standard InChI is InChI=1S/C17H19FN2/c18-16-8-4-7-15(13-16)17(14-5-2-1-3-6-14)20-11-9-19-10-12-20/h1-8,13,17,19H,9-12H2. The molecule has 0 spiro atoms. The van der Waals surface area contributed by atoms with Crippen LogP contribution in [-0.4, -0.2) is 31.1 Å². The van der Waals surface area contributed by atoms with Crippen LogP contribution in [0.5, 0.6) is 0 Å². The van der Waals surface area contributed by atoms with Gasteiger partial charge in [-0.25, -0.2) is 4.39 Å². The molecule has 1 atom stereocenters. The first-order chi connectivity index (χ1) is 9.84. The van der Waals surface area contributed by atoms with Crippen molar-refractivity contribution in [1.82, 2.24) is 10.2 Å². The van der Waals surface area contributed by atoms with Crippen molar-refractivity contribution in [2.45, 2.75) is 6.04 Å². The van der Waals surface area contributed by atoms with Crippen LogP contribution in [0.3, 0.4) is 0 Å². The Morgan fingerprint density at radius 2 is 1.60 bits per heavy atom. The van der Waals surface area contributed by atoms with E-state index in [0.717, 1.165) is 31.7 Å². The molecule has 0 radical (unpaired) electrons. The zero-order valence-corrected chi connectivity index (χ0v) is 11.4. The third kappa shape index (κ3) is 2.89. The summed E-state index contributed by atoms with van der Waals surface area (Å²) in [5, 5.41) is 3.37. The Morgan fingerprint density at radius 3 is 2.30 bits per heavy atom. The molecule has 2 nitrogen and oxygen atoms in total. The van der Waals surface area contributed by atoms with Gasteiger partial charge in [0, 0.05) is 26.2 Å². The van der Waals surface area contributed by atoms with Crippen molar-refractivity contribution in [2.24, 2.45) is 0 Å². The molecular formula is C17H19FN2. The van der Waals surface area contributed by atoms with E-state index in [1.165, 1.54) is 11.6 Å². The smallest absolute Gasteiger partial charge is 0.123 e. The molecule has 2 aromatic rings. The predicted octanol–water partition coefficient (Wildman–Crippen LogP) is 2.82. The summed E-state index contributed by atoms with van der Waals surface area (Å²) in [6.45, 7) is 3.93. The second kappa shape index (κ2) is 6.16. The first kappa shape index (κ1) is 13.3. The highest BCUT2D eigenvalue weighted by Crippen LogP contribution is 2.29. The van der Waals surface area contributed by atoms with Crippen LogP contribution in [0.4, 0.5) is 4.39 Å². The van der Waals surface area contributed by atoms with Gasteiger partial charge in [0.1, 0.15) is 5.82 Å². The first-order valence-corrected chi connectivity index (χ1v) is 7.10. The van der Waals surface area contributed by atoms with Gasteiger partial charge in [-0.05, 0) is 23.3 Å². The summed E-state index contributed by atoms with van der Waals surface area (Å²) in [4.78, 5) is 2.42. The van der Waals surface area contributed by atoms with Crippen LogP contribution in [0.2, 0.25) is 0 Å². The Balaban J connectivity index is 1.98. The molecule has 20 heavy (non-hydrogen) atoms. The van der Waals surface area contributed by atoms with Gasteiger partial charge in [0.05, 0.1) is 6.04 Å². The van der Waals surface area contributed by atoms with Crippen molar-refractivity contribution >= 4 is 0 Å². The molecule has 1 aliphatic heterocycles. The lowest BCUT2D eigenvalue weighted by Crippen LogP contribution is -2.45. The third-order valence-electron chi connectivity index (χ3n) is 3.80. The van der Waals surface area contributed by atoms with Crippen LogP contribution in [-0.2, 0) is 0 Å². The Morgan fingerprint density at radius 1 is 0.900 bits per heavy atom. The van der Waals surface area contributed by atoms with E-state index < -0.39 is 0 Å². The molecule has 1 aliphatic rings. The van der Waals surface area contributed by atoms with Crippen molar-refractivity contribution < 1.29 is 4.39 Å². The molecule has 1 unspecified atom stereocenters. The molecule has 104 valence electrons. The molecule has 0 amide bonds. The second-order valence-electron chi connectivity index (χ2n) is 5.15. The van der Waals surface area contributed by atoms with Crippen molar-refractivity contribution in [2.75, 3.05) is 26.2 Å². The van der Waals surface area contributed by atoms with Gasteiger partial charge in [-0.1, -0.05) is 42.5 Å². The molecule has 1 heterocycles. The van der Waals surface area contributed by atoms with Gasteiger partial charge in [-0.3, -0.25) is 4.90 Å². The average Bonchev–Trinajstić information content (AvgIpc) is 2.50. The fourth-order valence-corrected chi connectivity index (χ4v) is 2.87. The number of halogens is 1. The highest BCUT2D eigenvalue weighted by molar-refractivity contribution is 5.32. The molecule has 1 N–H and O–H groups in total. The van der Waals surface area contributed by atoms with E-state index in [-0.39, 0.29) is 11.9 Å². The summed E-state index contributed by atoms with van der Waals surface area (Å²) < 4.78 is 13.6. The van der Waals surface area contributed by atoms with Crippen LogP contribution in [0.15, 0.2) is 54.6 Å². The molecule has 0 aliphatic carbocycles. The summed E-state index contributed by atoms with van der Waals surface area (Å²) >= 11 is 0. The fourth-order valence-electron chi connectivity index (χ4n) is 2.87. The largest absolute Gasteiger partial charge is 0.314 e. The van der Waals surface area contributed by atoms with E-state index in [2.05, 4.69) is 22.3 Å². The Hall–Kier alpha value is -1.71. The molecule has 1 saturated heterocycles. The summed E-state index contributed by atoms with van der Waals surface area (Å²) in [6, 6.07) is 17.5. The number of hydrogen-bond donors (Lipinski definition) is 1. The molecule has 0 saturated carbocycles. The molecule has 0 aromatic heterocycles. The zero-order chi connectivity index (χ0) is 13.8. The molecule has 3 rings (SSSR count). The van der Waals surface area contributed by atoms with E-state index in [9.17, 15) is 4.39 Å². The second-order valence-corrected chi connectivity index (χ2v) is 5.15. The van der Waals surface area contributed by atoms with Crippen LogP contribution in [0.25, 0.3) is 0 Å². The summed E-state index contributed by atoms with van der Waals surface area (Å²) in [7, 11) is 0. The number of benzene rings is 2. The minimum atomic E-state index is -0.168. The molecule has 1 fully saturated rings. The third-order valence-corrected chi connectivity index (χ3v) is 3.80. The lowest BCUT2D eigenvalue weighted by molar-refractivity contribution is 0.198. The summed E-state index contributed by atoms with van der Waals surface area (Å²) in [6.07, 6.45) is 0. The Kier molecular flexibility index (Phi) is 4.09. The predicted molar refractivity (Wildman–Crippen MR) is 79.1 cm³/mol. The van der Waals surface area contributed by atoms with Crippen molar-refractivity contribution in [3.05, 3.63) is 71.5 Å². The van der Waals surface area contributed by atoms with E-state index in [4.69, 9.17) is 0 Å². The van der Waals surface area contributed by atoms with Gasteiger partial charge in [0.25, 0.3) is 0 Å². The quantitative estimate of drug-likeness (QED) is 0.922. The van der Waals surface area contributed by atoms with Gasteiger partial charge in [-0.2, -0.15) is 0 Å². The van der Waals surface area contributed by atoms with E-state index in [1.54, 1.807) is 12.1 Å². The van der Waals surface area contributed by atoms with E-state index in [1.807, 2.05) is 24.3 Å². The van der Waals surface area contributed by atoms with Crippen LogP contribution in [0.1, 0.15) is 17.2 Å². The van der Waals surface area contributed by atoms with Gasteiger partial charge in [0.2, 0.25) is 0 Å². The fraction of sp³-hybridized carbons (Fsp3) is 0.294. The SMILES string of the molecule is Fc1cccc(C(c2ccccc2)N2CCNCC2)c1. The van der Waals surface area contributed by atoms with Crippen LogP contribution >= 0.6 is 0 Å². The maximum Gasteiger partial charge on any atom is 0.123 e. The van der Waals surface area contributed by atoms with Crippen molar-refractivity contribution in [3.63, 3.8) is 0 Å². The molecule has 3 heteroatoms. The lowest BCUT2D eigenvalue weighted by Gasteiger charge is -2.35. The lowest BCUT2D eigenvalue weighted by atomic mass is 9.96. The van der Waals surface area contributed by atoms with Crippen LogP contribution in [0, 0.1) is 5.82 Å². The van der Waals surface area contributed by atoms with Gasteiger partial charge in [-0.15, -0.1) is 0 Å². The van der Waals surface area contributed by atoms with Crippen molar-refractivity contribution in [1.29, 1.82) is 0 Å². The topological polar surface area (TPSA) is 15.3 Å². The molecule has 2 aromatic carbocycles. The number of nitrogens with zero attached hydrogens (tertiary/aromatic N) is 1. The Bertz CT molecular complexity index is 550. The van der Waals surface area contributed by atoms with Gasteiger partial charge >= 0.3 is 0 Å². The van der Waals surface area contributed by atoms with Gasteiger partial charge in [0.15, 0.2) is 0 Å². The minimum absolute atomic E-state index is 0.133. The first-order valence-electron chi connectivity index (χ1n) is 7.10. The van der Waals surface area contributed by atoms with E-state index in [0.29, 0.717) is 0 Å². The molecular weight excluding hydrogens is 251 g/mol. The average molecular weight is 270 g/mol. The number of hydrogen-bond acceptors (Lipinski definition) is 2. The normalized spacial score (nSPS) is 17.9. The Labute approximate surface area is 119 Å².